The van der Waals surface area contributed by atoms with E-state index in [1.165, 1.54) is 19.4 Å². The van der Waals surface area contributed by atoms with E-state index >= 15 is 0 Å². The second-order valence-electron chi connectivity index (χ2n) is 4.85. The van der Waals surface area contributed by atoms with Gasteiger partial charge in [-0.2, -0.15) is 0 Å². The van der Waals surface area contributed by atoms with Crippen LogP contribution < -0.4 is 5.73 Å². The molecule has 1 rings (SSSR count). The standard InChI is InChI=1S/C13H18N2O4/c1-8-10(5-9(14)6-15-8)11(16)19-7-13(2,3)12(17)18-4/h5-6H,7,14H2,1-4H3. The molecule has 0 bridgehead atoms. The molecule has 0 saturated carbocycles. The van der Waals surface area contributed by atoms with Crippen LogP contribution >= 0.6 is 0 Å². The van der Waals surface area contributed by atoms with Crippen LogP contribution in [-0.4, -0.2) is 30.6 Å². The van der Waals surface area contributed by atoms with E-state index in [0.29, 0.717) is 16.9 Å². The third kappa shape index (κ3) is 3.67. The van der Waals surface area contributed by atoms with Crippen LogP contribution in [0.5, 0.6) is 0 Å². The summed E-state index contributed by atoms with van der Waals surface area (Å²) >= 11 is 0. The second kappa shape index (κ2) is 5.69. The number of ether oxygens (including phenoxy) is 2. The van der Waals surface area contributed by atoms with Crippen LogP contribution in [0.1, 0.15) is 29.9 Å². The maximum atomic E-state index is 11.9. The quantitative estimate of drug-likeness (QED) is 0.826. The molecule has 6 nitrogen and oxygen atoms in total. The minimum Gasteiger partial charge on any atom is -0.469 e. The van der Waals surface area contributed by atoms with Crippen LogP contribution in [0, 0.1) is 12.3 Å². The minimum atomic E-state index is -0.897. The van der Waals surface area contributed by atoms with Gasteiger partial charge < -0.3 is 15.2 Å². The predicted molar refractivity (Wildman–Crippen MR) is 69.5 cm³/mol. The normalized spacial score (nSPS) is 10.9. The highest BCUT2D eigenvalue weighted by molar-refractivity contribution is 5.91. The summed E-state index contributed by atoms with van der Waals surface area (Å²) in [7, 11) is 1.29. The van der Waals surface area contributed by atoms with E-state index in [1.807, 2.05) is 0 Å². The summed E-state index contributed by atoms with van der Waals surface area (Å²) in [5.41, 5.74) is 5.87. The average Bonchev–Trinajstić information content (AvgIpc) is 2.37. The largest absolute Gasteiger partial charge is 0.469 e. The Kier molecular flexibility index (Phi) is 4.47. The lowest BCUT2D eigenvalue weighted by atomic mass is 9.95. The number of nitrogens with zero attached hydrogens (tertiary/aromatic N) is 1. The van der Waals surface area contributed by atoms with Crippen LogP contribution in [0.3, 0.4) is 0 Å². The van der Waals surface area contributed by atoms with E-state index in [-0.39, 0.29) is 6.61 Å². The van der Waals surface area contributed by atoms with Gasteiger partial charge in [-0.3, -0.25) is 9.78 Å². The topological polar surface area (TPSA) is 91.5 Å². The van der Waals surface area contributed by atoms with Crippen molar-refractivity contribution in [3.05, 3.63) is 23.5 Å². The van der Waals surface area contributed by atoms with Crippen LogP contribution in [0.4, 0.5) is 5.69 Å². The first-order valence-corrected chi connectivity index (χ1v) is 5.75. The Labute approximate surface area is 111 Å². The van der Waals surface area contributed by atoms with Crippen LogP contribution in [0.2, 0.25) is 0 Å². The number of nitrogen functional groups attached to an aromatic ring is 1. The summed E-state index contributed by atoms with van der Waals surface area (Å²) in [6.07, 6.45) is 1.46. The zero-order valence-electron chi connectivity index (χ0n) is 11.5. The first-order chi connectivity index (χ1) is 8.77. The van der Waals surface area contributed by atoms with Gasteiger partial charge in [-0.15, -0.1) is 0 Å². The van der Waals surface area contributed by atoms with Gasteiger partial charge in [0.05, 0.1) is 35.7 Å². The van der Waals surface area contributed by atoms with Crippen molar-refractivity contribution in [2.75, 3.05) is 19.5 Å². The Morgan fingerprint density at radius 2 is 2.05 bits per heavy atom. The summed E-state index contributed by atoms with van der Waals surface area (Å²) in [5.74, 6) is -1.00. The van der Waals surface area contributed by atoms with Gasteiger partial charge in [0.15, 0.2) is 0 Å². The Balaban J connectivity index is 2.76. The fraction of sp³-hybridized carbons (Fsp3) is 0.462. The van der Waals surface area contributed by atoms with Crippen molar-refractivity contribution in [2.24, 2.45) is 5.41 Å². The summed E-state index contributed by atoms with van der Waals surface area (Å²) in [5, 5.41) is 0. The van der Waals surface area contributed by atoms with Crippen LogP contribution in [-0.2, 0) is 14.3 Å². The number of carbonyl (C=O) groups excluding carboxylic acids is 2. The van der Waals surface area contributed by atoms with Gasteiger partial charge in [0.2, 0.25) is 0 Å². The summed E-state index contributed by atoms with van der Waals surface area (Å²) in [6.45, 7) is 4.88. The van der Waals surface area contributed by atoms with Gasteiger partial charge in [-0.05, 0) is 26.8 Å². The second-order valence-corrected chi connectivity index (χ2v) is 4.85. The molecule has 6 heteroatoms. The van der Waals surface area contributed by atoms with E-state index in [2.05, 4.69) is 9.72 Å². The zero-order valence-corrected chi connectivity index (χ0v) is 11.5. The van der Waals surface area contributed by atoms with Crippen molar-refractivity contribution < 1.29 is 19.1 Å². The number of anilines is 1. The molecule has 2 N–H and O–H groups in total. The third-order valence-corrected chi connectivity index (χ3v) is 2.63. The molecule has 0 fully saturated rings. The number of methoxy groups -OCH3 is 1. The first kappa shape index (κ1) is 14.9. The van der Waals surface area contributed by atoms with E-state index < -0.39 is 17.4 Å². The summed E-state index contributed by atoms with van der Waals surface area (Å²) < 4.78 is 9.75. The van der Waals surface area contributed by atoms with Gasteiger partial charge in [0.1, 0.15) is 6.61 Å². The molecule has 0 aromatic carbocycles. The molecule has 1 aromatic rings. The maximum Gasteiger partial charge on any atom is 0.340 e. The molecule has 0 aliphatic rings. The average molecular weight is 266 g/mol. The molecule has 0 atom stereocenters. The number of hydrogen-bond donors (Lipinski definition) is 1. The molecule has 104 valence electrons. The molecule has 0 aliphatic heterocycles. The van der Waals surface area contributed by atoms with Crippen molar-refractivity contribution in [2.45, 2.75) is 20.8 Å². The Morgan fingerprint density at radius 1 is 1.42 bits per heavy atom. The summed E-state index contributed by atoms with van der Waals surface area (Å²) in [6, 6.07) is 1.50. The van der Waals surface area contributed by atoms with Crippen molar-refractivity contribution in [1.82, 2.24) is 4.98 Å². The SMILES string of the molecule is COC(=O)C(C)(C)COC(=O)c1cc(N)cnc1C. The molecule has 0 unspecified atom stereocenters. The number of nitrogens with two attached hydrogens (primary N) is 1. The lowest BCUT2D eigenvalue weighted by molar-refractivity contribution is -0.152. The third-order valence-electron chi connectivity index (χ3n) is 2.63. The fourth-order valence-corrected chi connectivity index (χ4v) is 1.41. The van der Waals surface area contributed by atoms with E-state index in [9.17, 15) is 9.59 Å². The van der Waals surface area contributed by atoms with E-state index in [0.717, 1.165) is 0 Å². The Bertz CT molecular complexity index is 497. The van der Waals surface area contributed by atoms with E-state index in [4.69, 9.17) is 10.5 Å². The lowest BCUT2D eigenvalue weighted by Crippen LogP contribution is -2.32. The Morgan fingerprint density at radius 3 is 2.63 bits per heavy atom. The number of aromatic nitrogens is 1. The number of carbonyl (C=O) groups is 2. The minimum absolute atomic E-state index is 0.0766. The first-order valence-electron chi connectivity index (χ1n) is 5.75. The van der Waals surface area contributed by atoms with Gasteiger partial charge in [-0.25, -0.2) is 4.79 Å². The van der Waals surface area contributed by atoms with Gasteiger partial charge in [-0.1, -0.05) is 0 Å². The van der Waals surface area contributed by atoms with Gasteiger partial charge >= 0.3 is 11.9 Å². The molecular weight excluding hydrogens is 248 g/mol. The number of rotatable bonds is 4. The number of hydrogen-bond acceptors (Lipinski definition) is 6. The molecule has 19 heavy (non-hydrogen) atoms. The molecule has 0 spiro atoms. The molecule has 1 aromatic heterocycles. The highest BCUT2D eigenvalue weighted by Gasteiger charge is 2.31. The van der Waals surface area contributed by atoms with Crippen LogP contribution in [0.25, 0.3) is 0 Å². The van der Waals surface area contributed by atoms with Crippen molar-refractivity contribution in [3.8, 4) is 0 Å². The lowest BCUT2D eigenvalue weighted by Gasteiger charge is -2.21. The number of pyridine rings is 1. The highest BCUT2D eigenvalue weighted by Crippen LogP contribution is 2.19. The number of esters is 2. The monoisotopic (exact) mass is 266 g/mol. The molecular formula is C13H18N2O4. The maximum absolute atomic E-state index is 11.9. The van der Waals surface area contributed by atoms with Crippen LogP contribution in [0.15, 0.2) is 12.3 Å². The summed E-state index contributed by atoms with van der Waals surface area (Å²) in [4.78, 5) is 27.3. The van der Waals surface area contributed by atoms with Crippen molar-refractivity contribution in [3.63, 3.8) is 0 Å². The van der Waals surface area contributed by atoms with Gasteiger partial charge in [0.25, 0.3) is 0 Å². The molecule has 0 radical (unpaired) electrons. The molecule has 1 heterocycles. The smallest absolute Gasteiger partial charge is 0.340 e. The zero-order chi connectivity index (χ0) is 14.6. The Hall–Kier alpha value is -2.11. The van der Waals surface area contributed by atoms with Gasteiger partial charge in [0, 0.05) is 0 Å². The molecule has 0 saturated heterocycles. The molecule has 0 amide bonds. The van der Waals surface area contributed by atoms with E-state index in [1.54, 1.807) is 20.8 Å². The fourth-order valence-electron chi connectivity index (χ4n) is 1.41. The van der Waals surface area contributed by atoms with Crippen molar-refractivity contribution >= 4 is 17.6 Å². The predicted octanol–water partition coefficient (Wildman–Crippen LogP) is 1.33. The highest BCUT2D eigenvalue weighted by atomic mass is 16.5. The molecule has 0 aliphatic carbocycles. The number of aryl methyl sites for hydroxylation is 1. The van der Waals surface area contributed by atoms with Crippen molar-refractivity contribution in [1.29, 1.82) is 0 Å².